The maximum atomic E-state index is 11.3. The minimum Gasteiger partial charge on any atom is -0.462 e. The molecule has 0 saturated carbocycles. The molecule has 0 atom stereocenters. The summed E-state index contributed by atoms with van der Waals surface area (Å²) in [5.74, 6) is -0.310. The van der Waals surface area contributed by atoms with Gasteiger partial charge in [0.2, 0.25) is 29.3 Å². The molecular formula is C15H33O5Si6. The molecule has 0 aromatic heterocycles. The molecule has 7 radical (unpaired) electrons. The van der Waals surface area contributed by atoms with Gasteiger partial charge in [0.05, 0.1) is 6.61 Å². The standard InChI is InChI=1S/C15H33O5Si6/c1-14(2)15(16)17-10-9-11-21-19-26(7,8)13-23-20-25(5,6)12-22-18-24(3)4/h1,9-13H2,2-8H3. The lowest BCUT2D eigenvalue weighted by Gasteiger charge is -2.26. The molecule has 0 N–H and O–H groups in total. The number of ether oxygens (including phenoxy) is 1. The highest BCUT2D eigenvalue weighted by Gasteiger charge is 2.27. The van der Waals surface area contributed by atoms with Crippen LogP contribution in [0.15, 0.2) is 12.2 Å². The minimum absolute atomic E-state index is 0.310. The van der Waals surface area contributed by atoms with E-state index >= 15 is 0 Å². The van der Waals surface area contributed by atoms with Crippen LogP contribution in [0.3, 0.4) is 0 Å². The fraction of sp³-hybridized carbons (Fsp3) is 0.800. The van der Waals surface area contributed by atoms with Crippen molar-refractivity contribution in [2.24, 2.45) is 0 Å². The molecule has 0 spiro atoms. The zero-order chi connectivity index (χ0) is 20.2. The molecule has 0 aromatic rings. The first kappa shape index (κ1) is 26.4. The summed E-state index contributed by atoms with van der Waals surface area (Å²) in [5.41, 5.74) is 2.58. The van der Waals surface area contributed by atoms with Crippen molar-refractivity contribution in [3.8, 4) is 0 Å². The Morgan fingerprint density at radius 2 is 1.54 bits per heavy atom. The first-order chi connectivity index (χ1) is 12.0. The molecule has 0 aliphatic heterocycles. The molecule has 0 heterocycles. The van der Waals surface area contributed by atoms with Gasteiger partial charge in [0.15, 0.2) is 25.7 Å². The van der Waals surface area contributed by atoms with Crippen molar-refractivity contribution in [3.05, 3.63) is 12.2 Å². The summed E-state index contributed by atoms with van der Waals surface area (Å²) >= 11 is 0. The molecule has 0 fully saturated rings. The van der Waals surface area contributed by atoms with Gasteiger partial charge >= 0.3 is 5.97 Å². The zero-order valence-corrected chi connectivity index (χ0v) is 23.3. The third-order valence-electron chi connectivity index (χ3n) is 2.97. The predicted molar refractivity (Wildman–Crippen MR) is 118 cm³/mol. The van der Waals surface area contributed by atoms with Gasteiger partial charge in [0.1, 0.15) is 0 Å². The summed E-state index contributed by atoms with van der Waals surface area (Å²) in [6.07, 6.45) is 0.833. The van der Waals surface area contributed by atoms with Gasteiger partial charge in [-0.1, -0.05) is 6.58 Å². The topological polar surface area (TPSA) is 54.0 Å². The van der Waals surface area contributed by atoms with Gasteiger partial charge in [-0.05, 0) is 70.0 Å². The molecule has 0 aliphatic rings. The van der Waals surface area contributed by atoms with Crippen LogP contribution >= 0.6 is 0 Å². The Labute approximate surface area is 171 Å². The van der Waals surface area contributed by atoms with Crippen molar-refractivity contribution < 1.29 is 21.9 Å². The van der Waals surface area contributed by atoms with Gasteiger partial charge in [0, 0.05) is 5.57 Å². The number of esters is 1. The van der Waals surface area contributed by atoms with E-state index in [2.05, 4.69) is 45.9 Å². The van der Waals surface area contributed by atoms with Crippen molar-refractivity contribution in [3.63, 3.8) is 0 Å². The highest BCUT2D eigenvalue weighted by atomic mass is 28.4. The van der Waals surface area contributed by atoms with Crippen LogP contribution in [0.4, 0.5) is 0 Å². The van der Waals surface area contributed by atoms with Crippen molar-refractivity contribution in [1.82, 2.24) is 0 Å². The Hall–Kier alpha value is 0.391. The second-order valence-corrected chi connectivity index (χ2v) is 23.0. The second kappa shape index (κ2) is 13.5. The van der Waals surface area contributed by atoms with Crippen molar-refractivity contribution in [2.45, 2.75) is 70.0 Å². The lowest BCUT2D eigenvalue weighted by molar-refractivity contribution is -0.138. The van der Waals surface area contributed by atoms with E-state index in [-0.39, 0.29) is 5.97 Å². The quantitative estimate of drug-likeness (QED) is 0.162. The van der Waals surface area contributed by atoms with Crippen LogP contribution in [0, 0.1) is 0 Å². The molecule has 0 amide bonds. The number of carbonyl (C=O) groups is 1. The van der Waals surface area contributed by atoms with Crippen LogP contribution < -0.4 is 0 Å². The van der Waals surface area contributed by atoms with E-state index in [1.165, 1.54) is 0 Å². The summed E-state index contributed by atoms with van der Waals surface area (Å²) in [6, 6.07) is 0.931. The van der Waals surface area contributed by atoms with Gasteiger partial charge in [-0.2, -0.15) is 0 Å². The maximum Gasteiger partial charge on any atom is 0.333 e. The SMILES string of the molecule is C=C(C)C(=O)OCCC[Si]O[Si](C)(C)C[Si]O[Si](C)(C)C[Si]O[Si](C)C. The lowest BCUT2D eigenvalue weighted by atomic mass is 10.4. The van der Waals surface area contributed by atoms with Gasteiger partial charge in [-0.25, -0.2) is 4.79 Å². The van der Waals surface area contributed by atoms with Gasteiger partial charge < -0.3 is 17.1 Å². The summed E-state index contributed by atoms with van der Waals surface area (Å²) in [7, 11) is -2.29. The number of hydrogen-bond donors (Lipinski definition) is 0. The van der Waals surface area contributed by atoms with Crippen LogP contribution in [0.5, 0.6) is 0 Å². The van der Waals surface area contributed by atoms with E-state index in [1.54, 1.807) is 6.92 Å². The lowest BCUT2D eigenvalue weighted by Crippen LogP contribution is -2.39. The van der Waals surface area contributed by atoms with E-state index in [0.29, 0.717) is 41.5 Å². The third kappa shape index (κ3) is 15.4. The maximum absolute atomic E-state index is 11.3. The van der Waals surface area contributed by atoms with Crippen LogP contribution in [0.25, 0.3) is 0 Å². The van der Waals surface area contributed by atoms with E-state index in [0.717, 1.165) is 23.8 Å². The molecule has 0 unspecified atom stereocenters. The van der Waals surface area contributed by atoms with Gasteiger partial charge in [-0.15, -0.1) is 0 Å². The molecule has 0 aliphatic carbocycles. The molecule has 0 rings (SSSR count). The monoisotopic (exact) mass is 461 g/mol. The predicted octanol–water partition coefficient (Wildman–Crippen LogP) is 3.40. The number of rotatable bonds is 15. The molecule has 147 valence electrons. The summed E-state index contributed by atoms with van der Waals surface area (Å²) in [5, 5.41) is 0. The molecule has 0 saturated heterocycles. The van der Waals surface area contributed by atoms with Crippen molar-refractivity contribution in [2.75, 3.05) is 6.61 Å². The zero-order valence-electron chi connectivity index (χ0n) is 17.3. The van der Waals surface area contributed by atoms with Crippen LogP contribution in [0.1, 0.15) is 13.3 Å². The van der Waals surface area contributed by atoms with Crippen molar-refractivity contribution >= 4 is 60.9 Å². The summed E-state index contributed by atoms with van der Waals surface area (Å²) in [4.78, 5) is 11.3. The molecule has 5 nitrogen and oxygen atoms in total. The number of carbonyl (C=O) groups excluding carboxylic acids is 1. The average molecular weight is 462 g/mol. The molecule has 0 aromatic carbocycles. The second-order valence-electron chi connectivity index (χ2n) is 7.54. The molecule has 0 bridgehead atoms. The Morgan fingerprint density at radius 3 is 2.08 bits per heavy atom. The highest BCUT2D eigenvalue weighted by Crippen LogP contribution is 2.15. The third-order valence-corrected chi connectivity index (χ3v) is 19.3. The average Bonchev–Trinajstić information content (AvgIpc) is 2.49. The van der Waals surface area contributed by atoms with Gasteiger partial charge in [0.25, 0.3) is 0 Å². The van der Waals surface area contributed by atoms with E-state index < -0.39 is 25.7 Å². The fourth-order valence-corrected chi connectivity index (χ4v) is 13.0. The largest absolute Gasteiger partial charge is 0.462 e. The fourth-order valence-electron chi connectivity index (χ4n) is 1.51. The van der Waals surface area contributed by atoms with Crippen LogP contribution in [-0.2, 0) is 21.9 Å². The molecular weight excluding hydrogens is 429 g/mol. The van der Waals surface area contributed by atoms with Crippen LogP contribution in [-0.4, -0.2) is 67.5 Å². The Bertz CT molecular complexity index is 431. The first-order valence-electron chi connectivity index (χ1n) is 8.79. The number of hydrogen-bond acceptors (Lipinski definition) is 5. The Kier molecular flexibility index (Phi) is 13.8. The van der Waals surface area contributed by atoms with E-state index in [9.17, 15) is 4.79 Å². The smallest absolute Gasteiger partial charge is 0.333 e. The molecule has 11 heteroatoms. The minimum atomic E-state index is -1.68. The first-order valence-corrected chi connectivity index (χ1v) is 20.8. The molecule has 26 heavy (non-hydrogen) atoms. The Balaban J connectivity index is 3.83. The summed E-state index contributed by atoms with van der Waals surface area (Å²) in [6.45, 7) is 19.1. The van der Waals surface area contributed by atoms with Gasteiger partial charge in [-0.3, -0.25) is 0 Å². The van der Waals surface area contributed by atoms with Crippen LogP contribution in [0.2, 0.25) is 56.7 Å². The Morgan fingerprint density at radius 1 is 1.00 bits per heavy atom. The van der Waals surface area contributed by atoms with E-state index in [4.69, 9.17) is 17.1 Å². The normalized spacial score (nSPS) is 12.5. The van der Waals surface area contributed by atoms with E-state index in [1.807, 2.05) is 0 Å². The van der Waals surface area contributed by atoms with Crippen molar-refractivity contribution in [1.29, 1.82) is 0 Å². The summed E-state index contributed by atoms with van der Waals surface area (Å²) < 4.78 is 23.2. The highest BCUT2D eigenvalue weighted by molar-refractivity contribution is 6.85.